The molecule has 1 amide bonds. The molecule has 0 radical (unpaired) electrons. The van der Waals surface area contributed by atoms with Crippen molar-refractivity contribution in [3.8, 4) is 0 Å². The molecule has 0 atom stereocenters. The average molecular weight is 325 g/mol. The first kappa shape index (κ1) is 19.1. The predicted octanol–water partition coefficient (Wildman–Crippen LogP) is 2.45. The van der Waals surface area contributed by atoms with Crippen molar-refractivity contribution in [3.05, 3.63) is 11.7 Å². The number of carboxylic acids is 1. The minimum atomic E-state index is -0.863. The number of hydrogen-bond acceptors (Lipinski definition) is 5. The lowest BCUT2D eigenvalue weighted by Crippen LogP contribution is -2.43. The van der Waals surface area contributed by atoms with Crippen LogP contribution >= 0.6 is 0 Å². The summed E-state index contributed by atoms with van der Waals surface area (Å²) in [6.45, 7) is 9.67. The van der Waals surface area contributed by atoms with Gasteiger partial charge in [0.1, 0.15) is 0 Å². The molecule has 0 unspecified atom stereocenters. The van der Waals surface area contributed by atoms with Crippen LogP contribution in [0.15, 0.2) is 4.52 Å². The van der Waals surface area contributed by atoms with E-state index >= 15 is 0 Å². The molecule has 0 saturated carbocycles. The van der Waals surface area contributed by atoms with Crippen molar-refractivity contribution < 1.29 is 19.2 Å². The Morgan fingerprint density at radius 2 is 1.83 bits per heavy atom. The highest BCUT2D eigenvalue weighted by Crippen LogP contribution is 2.19. The molecule has 0 saturated heterocycles. The predicted molar refractivity (Wildman–Crippen MR) is 85.0 cm³/mol. The third-order valence-corrected chi connectivity index (χ3v) is 3.38. The van der Waals surface area contributed by atoms with Gasteiger partial charge in [-0.3, -0.25) is 9.59 Å². The smallest absolute Gasteiger partial charge is 0.303 e. The number of aliphatic carboxylic acids is 1. The van der Waals surface area contributed by atoms with Crippen LogP contribution in [0, 0.1) is 0 Å². The van der Waals surface area contributed by atoms with Gasteiger partial charge >= 0.3 is 5.97 Å². The second kappa shape index (κ2) is 7.57. The highest BCUT2D eigenvalue weighted by atomic mass is 16.5. The van der Waals surface area contributed by atoms with Crippen molar-refractivity contribution in [1.29, 1.82) is 0 Å². The number of aromatic nitrogens is 2. The highest BCUT2D eigenvalue weighted by Gasteiger charge is 2.22. The first-order valence-electron chi connectivity index (χ1n) is 7.85. The number of rotatable bonds is 8. The SMILES string of the molecule is CC(C)(CCC(=O)O)NC(=O)CCCc1nc(C(C)(C)C)no1. The number of amides is 1. The Balaban J connectivity index is 2.36. The molecule has 0 bridgehead atoms. The molecule has 0 spiro atoms. The van der Waals surface area contributed by atoms with Gasteiger partial charge in [-0.1, -0.05) is 25.9 Å². The fraction of sp³-hybridized carbons (Fsp3) is 0.750. The molecule has 23 heavy (non-hydrogen) atoms. The third kappa shape index (κ3) is 7.25. The van der Waals surface area contributed by atoms with Crippen LogP contribution in [0.5, 0.6) is 0 Å². The lowest BCUT2D eigenvalue weighted by atomic mass is 9.96. The van der Waals surface area contributed by atoms with Gasteiger partial charge in [-0.05, 0) is 26.7 Å². The minimum Gasteiger partial charge on any atom is -0.481 e. The first-order chi connectivity index (χ1) is 10.5. The number of carbonyl (C=O) groups is 2. The highest BCUT2D eigenvalue weighted by molar-refractivity contribution is 5.76. The third-order valence-electron chi connectivity index (χ3n) is 3.38. The van der Waals surface area contributed by atoms with Gasteiger partial charge in [-0.2, -0.15) is 4.98 Å². The first-order valence-corrected chi connectivity index (χ1v) is 7.85. The molecule has 0 aromatic carbocycles. The maximum absolute atomic E-state index is 11.9. The van der Waals surface area contributed by atoms with Crippen LogP contribution in [-0.4, -0.2) is 32.7 Å². The summed E-state index contributed by atoms with van der Waals surface area (Å²) in [5.74, 6) is 0.230. The molecule has 0 fully saturated rings. The van der Waals surface area contributed by atoms with Gasteiger partial charge in [-0.25, -0.2) is 0 Å². The minimum absolute atomic E-state index is 0.0326. The lowest BCUT2D eigenvalue weighted by molar-refractivity contribution is -0.137. The van der Waals surface area contributed by atoms with Gasteiger partial charge in [0.25, 0.3) is 0 Å². The molecule has 0 aliphatic carbocycles. The number of nitrogens with zero attached hydrogens (tertiary/aromatic N) is 2. The Bertz CT molecular complexity index is 544. The second-order valence-electron chi connectivity index (χ2n) is 7.44. The van der Waals surface area contributed by atoms with E-state index in [0.717, 1.165) is 0 Å². The summed E-state index contributed by atoms with van der Waals surface area (Å²) >= 11 is 0. The molecule has 2 N–H and O–H groups in total. The van der Waals surface area contributed by atoms with Gasteiger partial charge in [0, 0.05) is 30.2 Å². The van der Waals surface area contributed by atoms with Crippen LogP contribution in [-0.2, 0) is 21.4 Å². The second-order valence-corrected chi connectivity index (χ2v) is 7.44. The van der Waals surface area contributed by atoms with Crippen LogP contribution in [0.25, 0.3) is 0 Å². The number of nitrogens with one attached hydrogen (secondary N) is 1. The molecule has 7 heteroatoms. The van der Waals surface area contributed by atoms with E-state index in [0.29, 0.717) is 37.4 Å². The molecule has 1 rings (SSSR count). The summed E-state index contributed by atoms with van der Waals surface area (Å²) < 4.78 is 5.18. The standard InChI is InChI=1S/C16H27N3O4/c1-15(2,3)14-17-12(23-19-14)8-6-7-11(20)18-16(4,5)10-9-13(21)22/h6-10H2,1-5H3,(H,18,20)(H,21,22). The quantitative estimate of drug-likeness (QED) is 0.760. The van der Waals surface area contributed by atoms with Gasteiger partial charge in [0.05, 0.1) is 0 Å². The Labute approximate surface area is 136 Å². The van der Waals surface area contributed by atoms with Gasteiger partial charge in [0.15, 0.2) is 5.82 Å². The number of carboxylic acid groups (broad SMARTS) is 1. The summed E-state index contributed by atoms with van der Waals surface area (Å²) in [4.78, 5) is 26.9. The van der Waals surface area contributed by atoms with Crippen molar-refractivity contribution in [2.75, 3.05) is 0 Å². The van der Waals surface area contributed by atoms with Crippen molar-refractivity contribution in [2.24, 2.45) is 0 Å². The summed E-state index contributed by atoms with van der Waals surface area (Å²) in [6, 6.07) is 0. The zero-order valence-corrected chi connectivity index (χ0v) is 14.6. The van der Waals surface area contributed by atoms with E-state index in [-0.39, 0.29) is 17.7 Å². The van der Waals surface area contributed by atoms with Gasteiger partial charge in [0.2, 0.25) is 11.8 Å². The maximum Gasteiger partial charge on any atom is 0.303 e. The lowest BCUT2D eigenvalue weighted by Gasteiger charge is -2.25. The molecular formula is C16H27N3O4. The van der Waals surface area contributed by atoms with Crippen LogP contribution in [0.1, 0.15) is 72.0 Å². The number of aryl methyl sites for hydroxylation is 1. The molecule has 1 heterocycles. The van der Waals surface area contributed by atoms with E-state index in [2.05, 4.69) is 15.5 Å². The van der Waals surface area contributed by atoms with Crippen molar-refractivity contribution in [2.45, 2.75) is 77.7 Å². The molecule has 130 valence electrons. The van der Waals surface area contributed by atoms with Crippen LogP contribution in [0.4, 0.5) is 0 Å². The maximum atomic E-state index is 11.9. The van der Waals surface area contributed by atoms with Gasteiger partial charge < -0.3 is 14.9 Å². The van der Waals surface area contributed by atoms with Crippen molar-refractivity contribution >= 4 is 11.9 Å². The summed E-state index contributed by atoms with van der Waals surface area (Å²) in [5.41, 5.74) is -0.688. The van der Waals surface area contributed by atoms with Gasteiger partial charge in [-0.15, -0.1) is 0 Å². The topological polar surface area (TPSA) is 105 Å². The fourth-order valence-corrected chi connectivity index (χ4v) is 1.98. The van der Waals surface area contributed by atoms with Crippen molar-refractivity contribution in [3.63, 3.8) is 0 Å². The number of carbonyl (C=O) groups excluding carboxylic acids is 1. The Hall–Kier alpha value is -1.92. The summed E-state index contributed by atoms with van der Waals surface area (Å²) in [7, 11) is 0. The molecule has 7 nitrogen and oxygen atoms in total. The average Bonchev–Trinajstić information content (AvgIpc) is 2.84. The number of hydrogen-bond donors (Lipinski definition) is 2. The Morgan fingerprint density at radius 1 is 1.17 bits per heavy atom. The largest absolute Gasteiger partial charge is 0.481 e. The van der Waals surface area contributed by atoms with Crippen LogP contribution < -0.4 is 5.32 Å². The van der Waals surface area contributed by atoms with Crippen molar-refractivity contribution in [1.82, 2.24) is 15.5 Å². The fourth-order valence-electron chi connectivity index (χ4n) is 1.98. The summed E-state index contributed by atoms with van der Waals surface area (Å²) in [5, 5.41) is 15.5. The molecule has 0 aliphatic rings. The monoisotopic (exact) mass is 325 g/mol. The van der Waals surface area contributed by atoms with E-state index < -0.39 is 11.5 Å². The normalized spacial score (nSPS) is 12.2. The van der Waals surface area contributed by atoms with Crippen LogP contribution in [0.3, 0.4) is 0 Å². The van der Waals surface area contributed by atoms with E-state index in [9.17, 15) is 9.59 Å². The van der Waals surface area contributed by atoms with E-state index in [1.165, 1.54) is 0 Å². The van der Waals surface area contributed by atoms with E-state index in [4.69, 9.17) is 9.63 Å². The zero-order chi connectivity index (χ0) is 17.7. The summed E-state index contributed by atoms with van der Waals surface area (Å²) in [6.07, 6.45) is 1.92. The zero-order valence-electron chi connectivity index (χ0n) is 14.6. The van der Waals surface area contributed by atoms with E-state index in [1.54, 1.807) is 0 Å². The Morgan fingerprint density at radius 3 is 2.35 bits per heavy atom. The molecule has 1 aromatic rings. The van der Waals surface area contributed by atoms with E-state index in [1.807, 2.05) is 34.6 Å². The molecular weight excluding hydrogens is 298 g/mol. The van der Waals surface area contributed by atoms with Crippen LogP contribution in [0.2, 0.25) is 0 Å². The molecule has 0 aliphatic heterocycles. The molecule has 1 aromatic heterocycles. The Kier molecular flexibility index (Phi) is 6.29.